The van der Waals surface area contributed by atoms with Crippen LogP contribution in [0.4, 0.5) is 5.69 Å². The fourth-order valence-electron chi connectivity index (χ4n) is 2.21. The van der Waals surface area contributed by atoms with Crippen molar-refractivity contribution >= 4 is 11.6 Å². The zero-order chi connectivity index (χ0) is 14.5. The van der Waals surface area contributed by atoms with Crippen molar-refractivity contribution in [2.45, 2.75) is 26.3 Å². The summed E-state index contributed by atoms with van der Waals surface area (Å²) < 4.78 is 0. The third-order valence-corrected chi connectivity index (χ3v) is 3.17. The molecule has 2 aromatic rings. The van der Waals surface area contributed by atoms with Gasteiger partial charge in [-0.15, -0.1) is 0 Å². The molecule has 0 saturated carbocycles. The van der Waals surface area contributed by atoms with Crippen molar-refractivity contribution in [2.24, 2.45) is 5.73 Å². The van der Waals surface area contributed by atoms with E-state index >= 15 is 0 Å². The second-order valence-electron chi connectivity index (χ2n) is 5.09. The molecule has 0 fully saturated rings. The van der Waals surface area contributed by atoms with E-state index in [1.807, 2.05) is 62.4 Å². The van der Waals surface area contributed by atoms with Crippen LogP contribution in [0.25, 0.3) is 0 Å². The average molecular weight is 268 g/mol. The molecule has 2 aromatic carbocycles. The van der Waals surface area contributed by atoms with Crippen LogP contribution >= 0.6 is 0 Å². The summed E-state index contributed by atoms with van der Waals surface area (Å²) in [4.78, 5) is 12.1. The highest BCUT2D eigenvalue weighted by atomic mass is 16.1. The van der Waals surface area contributed by atoms with Crippen molar-refractivity contribution in [3.8, 4) is 0 Å². The topological polar surface area (TPSA) is 55.1 Å². The summed E-state index contributed by atoms with van der Waals surface area (Å²) in [6.45, 7) is 3.93. The molecule has 0 bridgehead atoms. The quantitative estimate of drug-likeness (QED) is 0.894. The van der Waals surface area contributed by atoms with Gasteiger partial charge in [-0.25, -0.2) is 0 Å². The van der Waals surface area contributed by atoms with Crippen molar-refractivity contribution in [1.82, 2.24) is 0 Å². The number of carbonyl (C=O) groups is 1. The highest BCUT2D eigenvalue weighted by molar-refractivity contribution is 5.93. The predicted octanol–water partition coefficient (Wildman–Crippen LogP) is 3.20. The molecule has 0 aliphatic carbocycles. The van der Waals surface area contributed by atoms with Crippen molar-refractivity contribution in [3.63, 3.8) is 0 Å². The van der Waals surface area contributed by atoms with E-state index in [0.29, 0.717) is 6.42 Å². The molecule has 0 aromatic heterocycles. The third kappa shape index (κ3) is 3.68. The zero-order valence-electron chi connectivity index (χ0n) is 11.9. The first-order valence-corrected chi connectivity index (χ1v) is 6.76. The standard InChI is InChI=1S/C17H20N2O/c1-12-6-5-7-14(10-12)11-17(20)19-16-9-4-3-8-15(16)13(2)18/h3-10,13H,11,18H2,1-2H3,(H,19,20). The number of nitrogens with two attached hydrogens (primary N) is 1. The maximum atomic E-state index is 12.1. The van der Waals surface area contributed by atoms with Crippen LogP contribution in [-0.4, -0.2) is 5.91 Å². The number of hydrogen-bond acceptors (Lipinski definition) is 2. The Kier molecular flexibility index (Phi) is 4.53. The van der Waals surface area contributed by atoms with E-state index in [0.717, 1.165) is 22.4 Å². The summed E-state index contributed by atoms with van der Waals surface area (Å²) in [6, 6.07) is 15.5. The molecule has 0 heterocycles. The van der Waals surface area contributed by atoms with Crippen LogP contribution in [0.15, 0.2) is 48.5 Å². The van der Waals surface area contributed by atoms with Gasteiger partial charge in [0, 0.05) is 11.7 Å². The zero-order valence-corrected chi connectivity index (χ0v) is 11.9. The highest BCUT2D eigenvalue weighted by Crippen LogP contribution is 2.21. The Morgan fingerprint density at radius 1 is 1.20 bits per heavy atom. The number of hydrogen-bond donors (Lipinski definition) is 2. The Morgan fingerprint density at radius 3 is 2.65 bits per heavy atom. The van der Waals surface area contributed by atoms with Gasteiger partial charge in [0.05, 0.1) is 6.42 Å². The van der Waals surface area contributed by atoms with E-state index in [4.69, 9.17) is 5.73 Å². The molecule has 20 heavy (non-hydrogen) atoms. The summed E-state index contributed by atoms with van der Waals surface area (Å²) >= 11 is 0. The smallest absolute Gasteiger partial charge is 0.228 e. The van der Waals surface area contributed by atoms with Gasteiger partial charge in [0.2, 0.25) is 5.91 Å². The van der Waals surface area contributed by atoms with Crippen LogP contribution in [0.2, 0.25) is 0 Å². The first-order chi connectivity index (χ1) is 9.56. The van der Waals surface area contributed by atoms with Crippen molar-refractivity contribution < 1.29 is 4.79 Å². The molecular weight excluding hydrogens is 248 g/mol. The van der Waals surface area contributed by atoms with Crippen LogP contribution in [0.3, 0.4) is 0 Å². The summed E-state index contributed by atoms with van der Waals surface area (Å²) in [5.41, 5.74) is 9.83. The molecule has 1 unspecified atom stereocenters. The Labute approximate surface area is 119 Å². The van der Waals surface area contributed by atoms with Crippen LogP contribution in [-0.2, 0) is 11.2 Å². The van der Waals surface area contributed by atoms with Gasteiger partial charge in [-0.1, -0.05) is 48.0 Å². The maximum absolute atomic E-state index is 12.1. The Bertz CT molecular complexity index is 605. The molecule has 3 heteroatoms. The number of aryl methyl sites for hydroxylation is 1. The van der Waals surface area contributed by atoms with Crippen LogP contribution in [0.1, 0.15) is 29.7 Å². The van der Waals surface area contributed by atoms with Gasteiger partial charge in [-0.2, -0.15) is 0 Å². The Morgan fingerprint density at radius 2 is 1.95 bits per heavy atom. The molecule has 3 N–H and O–H groups in total. The van der Waals surface area contributed by atoms with Gasteiger partial charge >= 0.3 is 0 Å². The third-order valence-electron chi connectivity index (χ3n) is 3.17. The number of benzene rings is 2. The van der Waals surface area contributed by atoms with Crippen LogP contribution in [0, 0.1) is 6.92 Å². The predicted molar refractivity (Wildman–Crippen MR) is 82.6 cm³/mol. The largest absolute Gasteiger partial charge is 0.325 e. The molecule has 0 aliphatic rings. The van der Waals surface area contributed by atoms with E-state index in [2.05, 4.69) is 5.32 Å². The minimum Gasteiger partial charge on any atom is -0.325 e. The highest BCUT2D eigenvalue weighted by Gasteiger charge is 2.09. The van der Waals surface area contributed by atoms with Gasteiger partial charge < -0.3 is 11.1 Å². The summed E-state index contributed by atoms with van der Waals surface area (Å²) in [5, 5.41) is 2.94. The number of anilines is 1. The molecule has 0 radical (unpaired) electrons. The van der Waals surface area contributed by atoms with E-state index in [9.17, 15) is 4.79 Å². The van der Waals surface area contributed by atoms with Gasteiger partial charge in [-0.05, 0) is 31.0 Å². The van der Waals surface area contributed by atoms with E-state index in [-0.39, 0.29) is 11.9 Å². The van der Waals surface area contributed by atoms with Gasteiger partial charge in [0.1, 0.15) is 0 Å². The Balaban J connectivity index is 2.09. The summed E-state index contributed by atoms with van der Waals surface area (Å²) in [5.74, 6) is -0.0244. The van der Waals surface area contributed by atoms with Gasteiger partial charge in [0.25, 0.3) is 0 Å². The molecule has 0 spiro atoms. The summed E-state index contributed by atoms with van der Waals surface area (Å²) in [7, 11) is 0. The first-order valence-electron chi connectivity index (χ1n) is 6.76. The molecule has 2 rings (SSSR count). The van der Waals surface area contributed by atoms with Crippen molar-refractivity contribution in [1.29, 1.82) is 0 Å². The molecule has 0 saturated heterocycles. The lowest BCUT2D eigenvalue weighted by Crippen LogP contribution is -2.17. The molecule has 3 nitrogen and oxygen atoms in total. The minimum atomic E-state index is -0.106. The molecule has 1 amide bonds. The molecular formula is C17H20N2O. The normalized spacial score (nSPS) is 11.9. The van der Waals surface area contributed by atoms with E-state index in [1.165, 1.54) is 0 Å². The number of amides is 1. The Hall–Kier alpha value is -2.13. The van der Waals surface area contributed by atoms with Crippen molar-refractivity contribution in [3.05, 3.63) is 65.2 Å². The van der Waals surface area contributed by atoms with Crippen LogP contribution < -0.4 is 11.1 Å². The minimum absolute atomic E-state index is 0.0244. The summed E-state index contributed by atoms with van der Waals surface area (Å²) in [6.07, 6.45) is 0.370. The molecule has 1 atom stereocenters. The fourth-order valence-corrected chi connectivity index (χ4v) is 2.21. The lowest BCUT2D eigenvalue weighted by atomic mass is 10.1. The van der Waals surface area contributed by atoms with E-state index in [1.54, 1.807) is 0 Å². The van der Waals surface area contributed by atoms with Crippen LogP contribution in [0.5, 0.6) is 0 Å². The lowest BCUT2D eigenvalue weighted by Gasteiger charge is -2.13. The molecule has 104 valence electrons. The number of nitrogens with one attached hydrogen (secondary N) is 1. The maximum Gasteiger partial charge on any atom is 0.228 e. The first kappa shape index (κ1) is 14.3. The van der Waals surface area contributed by atoms with Gasteiger partial charge in [-0.3, -0.25) is 4.79 Å². The second-order valence-corrected chi connectivity index (χ2v) is 5.09. The fraction of sp³-hybridized carbons (Fsp3) is 0.235. The van der Waals surface area contributed by atoms with Crippen molar-refractivity contribution in [2.75, 3.05) is 5.32 Å². The van der Waals surface area contributed by atoms with Gasteiger partial charge in [0.15, 0.2) is 0 Å². The average Bonchev–Trinajstić information content (AvgIpc) is 2.38. The molecule has 0 aliphatic heterocycles. The number of rotatable bonds is 4. The number of para-hydroxylation sites is 1. The van der Waals surface area contributed by atoms with E-state index < -0.39 is 0 Å². The SMILES string of the molecule is Cc1cccc(CC(=O)Nc2ccccc2C(C)N)c1. The number of carbonyl (C=O) groups excluding carboxylic acids is 1. The monoisotopic (exact) mass is 268 g/mol. The lowest BCUT2D eigenvalue weighted by molar-refractivity contribution is -0.115. The second kappa shape index (κ2) is 6.35.